The number of phosphoric acid groups is 1. The van der Waals surface area contributed by atoms with Crippen molar-refractivity contribution in [3.63, 3.8) is 0 Å². The van der Waals surface area contributed by atoms with Crippen LogP contribution in [0.3, 0.4) is 0 Å². The molecule has 8 nitrogen and oxygen atoms in total. The number of aliphatic carboxylic acids is 1. The molecule has 35 heavy (non-hydrogen) atoms. The van der Waals surface area contributed by atoms with Crippen molar-refractivity contribution in [1.29, 1.82) is 0 Å². The van der Waals surface area contributed by atoms with Crippen molar-refractivity contribution in [2.75, 3.05) is 19.8 Å². The first-order valence-electron chi connectivity index (χ1n) is 14.1. The van der Waals surface area contributed by atoms with Crippen LogP contribution in [0.15, 0.2) is 0 Å². The van der Waals surface area contributed by atoms with Gasteiger partial charge in [-0.3, -0.25) is 4.52 Å². The van der Waals surface area contributed by atoms with Gasteiger partial charge in [0.1, 0.15) is 0 Å². The van der Waals surface area contributed by atoms with E-state index in [9.17, 15) is 9.36 Å². The molecule has 0 rings (SSSR count). The molecule has 0 saturated heterocycles. The zero-order valence-corrected chi connectivity index (χ0v) is 23.4. The molecule has 0 bridgehead atoms. The lowest BCUT2D eigenvalue weighted by Crippen LogP contribution is -2.10. The molecular weight excluding hydrogens is 471 g/mol. The Labute approximate surface area is 214 Å². The van der Waals surface area contributed by atoms with Gasteiger partial charge in [-0.2, -0.15) is 0 Å². The molecule has 0 fully saturated rings. The monoisotopic (exact) mass is 524 g/mol. The molecule has 0 aromatic rings. The van der Waals surface area contributed by atoms with Crippen LogP contribution in [0.25, 0.3) is 0 Å². The van der Waals surface area contributed by atoms with Crippen molar-refractivity contribution in [2.45, 2.75) is 142 Å². The maximum Gasteiger partial charge on any atom is 0.529 e. The zero-order chi connectivity index (χ0) is 25.9. The first-order chi connectivity index (χ1) is 17.0. The van der Waals surface area contributed by atoms with Crippen LogP contribution in [0, 0.1) is 0 Å². The van der Waals surface area contributed by atoms with E-state index in [-0.39, 0.29) is 13.2 Å². The van der Waals surface area contributed by atoms with E-state index in [0.717, 1.165) is 38.5 Å². The number of hydrogen-bond acceptors (Lipinski definition) is 7. The SMILES string of the molecule is CCCCCCCCCCCCOOP(=O)(OCC(=O)O)OOCCCCCCCCCCCC. The van der Waals surface area contributed by atoms with E-state index in [1.807, 2.05) is 0 Å². The van der Waals surface area contributed by atoms with E-state index in [4.69, 9.17) is 28.8 Å². The van der Waals surface area contributed by atoms with Crippen molar-refractivity contribution >= 4 is 13.8 Å². The lowest BCUT2D eigenvalue weighted by atomic mass is 10.1. The minimum atomic E-state index is -4.26. The molecule has 0 aliphatic heterocycles. The quantitative estimate of drug-likeness (QED) is 0.0448. The predicted octanol–water partition coefficient (Wildman–Crippen LogP) is 8.93. The average molecular weight is 525 g/mol. The summed E-state index contributed by atoms with van der Waals surface area (Å²) >= 11 is 0. The number of hydrogen-bond donors (Lipinski definition) is 1. The summed E-state index contributed by atoms with van der Waals surface area (Å²) in [5.74, 6) is -1.29. The Kier molecular flexibility index (Phi) is 26.2. The highest BCUT2D eigenvalue weighted by Crippen LogP contribution is 2.49. The van der Waals surface area contributed by atoms with Crippen molar-refractivity contribution in [1.82, 2.24) is 0 Å². The fraction of sp³-hybridized carbons (Fsp3) is 0.962. The van der Waals surface area contributed by atoms with Crippen molar-refractivity contribution in [3.05, 3.63) is 0 Å². The van der Waals surface area contributed by atoms with Gasteiger partial charge in [0.05, 0.1) is 13.2 Å². The van der Waals surface area contributed by atoms with Gasteiger partial charge in [0.2, 0.25) is 0 Å². The van der Waals surface area contributed by atoms with Gasteiger partial charge in [-0.05, 0) is 12.8 Å². The third-order valence-electron chi connectivity index (χ3n) is 5.80. The van der Waals surface area contributed by atoms with Gasteiger partial charge in [0.15, 0.2) is 6.61 Å². The first kappa shape index (κ1) is 34.5. The van der Waals surface area contributed by atoms with E-state index in [0.29, 0.717) is 0 Å². The molecule has 0 aromatic carbocycles. The minimum absolute atomic E-state index is 0.221. The van der Waals surface area contributed by atoms with Crippen LogP contribution in [-0.2, 0) is 33.0 Å². The fourth-order valence-corrected chi connectivity index (χ4v) is 4.48. The normalized spacial score (nSPS) is 11.8. The van der Waals surface area contributed by atoms with Crippen molar-refractivity contribution in [3.8, 4) is 0 Å². The second-order valence-corrected chi connectivity index (χ2v) is 10.7. The Morgan fingerprint density at radius 1 is 0.571 bits per heavy atom. The van der Waals surface area contributed by atoms with Gasteiger partial charge in [-0.15, -0.1) is 9.35 Å². The van der Waals surface area contributed by atoms with Gasteiger partial charge < -0.3 is 5.11 Å². The largest absolute Gasteiger partial charge is 0.529 e. The molecule has 0 heterocycles. The Hall–Kier alpha value is -0.500. The Bertz CT molecular complexity index is 472. The molecule has 0 aliphatic rings. The third kappa shape index (κ3) is 26.4. The molecule has 0 aliphatic carbocycles. The Balaban J connectivity index is 3.80. The maximum atomic E-state index is 12.5. The number of carbonyl (C=O) groups is 1. The molecule has 0 spiro atoms. The summed E-state index contributed by atoms with van der Waals surface area (Å²) in [6, 6.07) is 0. The molecule has 0 radical (unpaired) electrons. The summed E-state index contributed by atoms with van der Waals surface area (Å²) in [6.07, 6.45) is 23.6. The van der Waals surface area contributed by atoms with E-state index >= 15 is 0 Å². The topological polar surface area (TPSA) is 101 Å². The number of carboxylic acid groups (broad SMARTS) is 1. The second-order valence-electron chi connectivity index (χ2n) is 9.27. The van der Waals surface area contributed by atoms with E-state index in [1.165, 1.54) is 89.9 Å². The second kappa shape index (κ2) is 26.6. The van der Waals surface area contributed by atoms with Crippen LogP contribution >= 0.6 is 7.82 Å². The van der Waals surface area contributed by atoms with E-state index < -0.39 is 20.4 Å². The smallest absolute Gasteiger partial charge is 0.480 e. The number of unbranched alkanes of at least 4 members (excludes halogenated alkanes) is 18. The van der Waals surface area contributed by atoms with Gasteiger partial charge in [-0.1, -0.05) is 129 Å². The summed E-state index contributed by atoms with van der Waals surface area (Å²) in [6.45, 7) is 4.06. The summed E-state index contributed by atoms with van der Waals surface area (Å²) in [5.41, 5.74) is 0. The van der Waals surface area contributed by atoms with E-state index in [1.54, 1.807) is 0 Å². The standard InChI is InChI=1S/C26H53O8P/c1-3-5-7-9-11-13-15-17-19-21-23-30-33-35(29,32-25-26(27)28)34-31-24-22-20-18-16-14-12-10-8-6-4-2/h3-25H2,1-2H3,(H,27,28). The molecule has 9 heteroatoms. The van der Waals surface area contributed by atoms with E-state index in [2.05, 4.69) is 13.8 Å². The molecule has 0 amide bonds. The maximum absolute atomic E-state index is 12.5. The molecule has 0 atom stereocenters. The highest BCUT2D eigenvalue weighted by atomic mass is 31.2. The van der Waals surface area contributed by atoms with Gasteiger partial charge >= 0.3 is 13.8 Å². The minimum Gasteiger partial charge on any atom is -0.480 e. The molecule has 1 N–H and O–H groups in total. The van der Waals surface area contributed by atoms with Crippen LogP contribution in [-0.4, -0.2) is 30.9 Å². The summed E-state index contributed by atoms with van der Waals surface area (Å²) in [4.78, 5) is 20.7. The Morgan fingerprint density at radius 2 is 0.886 bits per heavy atom. The molecular formula is C26H53O8P. The lowest BCUT2D eigenvalue weighted by molar-refractivity contribution is -0.282. The van der Waals surface area contributed by atoms with Crippen LogP contribution in [0.1, 0.15) is 142 Å². The van der Waals surface area contributed by atoms with Gasteiger partial charge in [0, 0.05) is 0 Å². The summed E-state index contributed by atoms with van der Waals surface area (Å²) < 4.78 is 26.8. The summed E-state index contributed by atoms with van der Waals surface area (Å²) in [7, 11) is -4.26. The molecule has 0 unspecified atom stereocenters. The first-order valence-corrected chi connectivity index (χ1v) is 15.6. The number of rotatable bonds is 29. The number of carboxylic acids is 1. The third-order valence-corrected chi connectivity index (χ3v) is 6.82. The van der Waals surface area contributed by atoms with Crippen LogP contribution < -0.4 is 0 Å². The van der Waals surface area contributed by atoms with Crippen molar-refractivity contribution in [2.24, 2.45) is 0 Å². The van der Waals surface area contributed by atoms with Gasteiger partial charge in [-0.25, -0.2) is 19.1 Å². The zero-order valence-electron chi connectivity index (χ0n) is 22.5. The van der Waals surface area contributed by atoms with Crippen LogP contribution in [0.2, 0.25) is 0 Å². The highest BCUT2D eigenvalue weighted by Gasteiger charge is 2.31. The fourth-order valence-electron chi connectivity index (χ4n) is 3.69. The highest BCUT2D eigenvalue weighted by molar-refractivity contribution is 7.48. The van der Waals surface area contributed by atoms with Crippen LogP contribution in [0.4, 0.5) is 0 Å². The van der Waals surface area contributed by atoms with Gasteiger partial charge in [0.25, 0.3) is 0 Å². The predicted molar refractivity (Wildman–Crippen MR) is 139 cm³/mol. The van der Waals surface area contributed by atoms with Crippen LogP contribution in [0.5, 0.6) is 0 Å². The molecule has 0 saturated carbocycles. The molecule has 210 valence electrons. The average Bonchev–Trinajstić information content (AvgIpc) is 2.84. The Morgan fingerprint density at radius 3 is 1.20 bits per heavy atom. The molecule has 0 aromatic heterocycles. The van der Waals surface area contributed by atoms with Crippen molar-refractivity contribution < 1.29 is 38.1 Å². The lowest BCUT2D eigenvalue weighted by Gasteiger charge is -2.14. The summed E-state index contributed by atoms with van der Waals surface area (Å²) in [5, 5.41) is 8.78.